The van der Waals surface area contributed by atoms with Gasteiger partial charge in [0, 0.05) is 11.7 Å². The van der Waals surface area contributed by atoms with Crippen LogP contribution in [-0.4, -0.2) is 7.11 Å². The Balaban J connectivity index is 2.13. The molecule has 1 N–H and O–H groups in total. The van der Waals surface area contributed by atoms with E-state index in [-0.39, 0.29) is 6.04 Å². The quantitative estimate of drug-likeness (QED) is 0.869. The van der Waals surface area contributed by atoms with E-state index in [1.807, 2.05) is 24.3 Å². The lowest BCUT2D eigenvalue weighted by Crippen LogP contribution is -2.08. The number of hydrogen-bond acceptors (Lipinski definition) is 2. The summed E-state index contributed by atoms with van der Waals surface area (Å²) in [5, 5.41) is 3.51. The van der Waals surface area contributed by atoms with Crippen LogP contribution in [0.15, 0.2) is 42.5 Å². The lowest BCUT2D eigenvalue weighted by atomic mass is 10.00. The molecule has 2 nitrogen and oxygen atoms in total. The Kier molecular flexibility index (Phi) is 4.10. The van der Waals surface area contributed by atoms with Crippen molar-refractivity contribution < 1.29 is 4.74 Å². The summed E-state index contributed by atoms with van der Waals surface area (Å²) in [4.78, 5) is 0. The van der Waals surface area contributed by atoms with Crippen LogP contribution in [0.5, 0.6) is 5.75 Å². The Bertz CT molecular complexity index is 546. The lowest BCUT2D eigenvalue weighted by molar-refractivity contribution is 0.415. The molecule has 1 atom stereocenters. The van der Waals surface area contributed by atoms with Gasteiger partial charge in [-0.05, 0) is 56.2 Å². The standard InChI is InChI=1S/C17H21NO/c1-12-5-10-17(13(2)11-12)14(3)18-15-6-8-16(19-4)9-7-15/h5-11,14,18H,1-4H3/t14-/m1/s1. The summed E-state index contributed by atoms with van der Waals surface area (Å²) in [5.41, 5.74) is 5.07. The SMILES string of the molecule is COc1ccc(N[C@H](C)c2ccc(C)cc2C)cc1. The van der Waals surface area contributed by atoms with E-state index >= 15 is 0 Å². The van der Waals surface area contributed by atoms with Gasteiger partial charge in [0.2, 0.25) is 0 Å². The highest BCUT2D eigenvalue weighted by Crippen LogP contribution is 2.24. The minimum absolute atomic E-state index is 0.286. The van der Waals surface area contributed by atoms with Gasteiger partial charge in [-0.3, -0.25) is 0 Å². The highest BCUT2D eigenvalue weighted by molar-refractivity contribution is 5.49. The second-order valence-corrected chi connectivity index (χ2v) is 4.95. The van der Waals surface area contributed by atoms with Crippen LogP contribution in [0, 0.1) is 13.8 Å². The van der Waals surface area contributed by atoms with Crippen LogP contribution >= 0.6 is 0 Å². The zero-order valence-corrected chi connectivity index (χ0v) is 12.0. The molecule has 100 valence electrons. The van der Waals surface area contributed by atoms with E-state index in [9.17, 15) is 0 Å². The topological polar surface area (TPSA) is 21.3 Å². The minimum Gasteiger partial charge on any atom is -0.497 e. The predicted molar refractivity (Wildman–Crippen MR) is 80.9 cm³/mol. The molecule has 2 aromatic rings. The Morgan fingerprint density at radius 2 is 1.68 bits per heavy atom. The van der Waals surface area contributed by atoms with Gasteiger partial charge in [-0.2, -0.15) is 0 Å². The molecule has 2 heteroatoms. The highest BCUT2D eigenvalue weighted by atomic mass is 16.5. The number of hydrogen-bond donors (Lipinski definition) is 1. The predicted octanol–water partition coefficient (Wildman–Crippen LogP) is 4.49. The maximum absolute atomic E-state index is 5.16. The molecule has 0 fully saturated rings. The van der Waals surface area contributed by atoms with Crippen LogP contribution in [0.2, 0.25) is 0 Å². The van der Waals surface area contributed by atoms with Gasteiger partial charge in [-0.1, -0.05) is 23.8 Å². The zero-order chi connectivity index (χ0) is 13.8. The number of rotatable bonds is 4. The molecule has 0 spiro atoms. The number of anilines is 1. The van der Waals surface area contributed by atoms with Gasteiger partial charge in [0.25, 0.3) is 0 Å². The minimum atomic E-state index is 0.286. The van der Waals surface area contributed by atoms with Crippen molar-refractivity contribution in [3.63, 3.8) is 0 Å². The smallest absolute Gasteiger partial charge is 0.119 e. The molecule has 0 aliphatic heterocycles. The number of aryl methyl sites for hydroxylation is 2. The van der Waals surface area contributed by atoms with Gasteiger partial charge < -0.3 is 10.1 Å². The van der Waals surface area contributed by atoms with Gasteiger partial charge in [0.15, 0.2) is 0 Å². The molecule has 0 bridgehead atoms. The average Bonchev–Trinajstić information content (AvgIpc) is 2.39. The Morgan fingerprint density at radius 1 is 1.00 bits per heavy atom. The second-order valence-electron chi connectivity index (χ2n) is 4.95. The number of ether oxygens (including phenoxy) is 1. The van der Waals surface area contributed by atoms with Crippen molar-refractivity contribution in [2.45, 2.75) is 26.8 Å². The molecule has 0 aliphatic carbocycles. The molecule has 0 unspecified atom stereocenters. The summed E-state index contributed by atoms with van der Waals surface area (Å²) < 4.78 is 5.16. The van der Waals surface area contributed by atoms with Gasteiger partial charge in [-0.25, -0.2) is 0 Å². The first-order valence-electron chi connectivity index (χ1n) is 6.58. The van der Waals surface area contributed by atoms with Crippen LogP contribution in [0.25, 0.3) is 0 Å². The van der Waals surface area contributed by atoms with E-state index in [2.05, 4.69) is 44.3 Å². The summed E-state index contributed by atoms with van der Waals surface area (Å²) in [6.45, 7) is 6.47. The fourth-order valence-electron chi connectivity index (χ4n) is 2.33. The van der Waals surface area contributed by atoms with Crippen LogP contribution in [0.4, 0.5) is 5.69 Å². The van der Waals surface area contributed by atoms with Crippen LogP contribution in [0.3, 0.4) is 0 Å². The monoisotopic (exact) mass is 255 g/mol. The molecule has 0 saturated heterocycles. The largest absolute Gasteiger partial charge is 0.497 e. The van der Waals surface area contributed by atoms with Crippen molar-refractivity contribution in [3.8, 4) is 5.75 Å². The highest BCUT2D eigenvalue weighted by Gasteiger charge is 2.08. The molecule has 0 saturated carbocycles. The summed E-state index contributed by atoms with van der Waals surface area (Å²) in [5.74, 6) is 0.879. The van der Waals surface area contributed by atoms with Gasteiger partial charge in [-0.15, -0.1) is 0 Å². The molecular formula is C17H21NO. The molecule has 2 rings (SSSR count). The van der Waals surface area contributed by atoms with Crippen molar-refractivity contribution in [2.75, 3.05) is 12.4 Å². The first-order chi connectivity index (χ1) is 9.10. The summed E-state index contributed by atoms with van der Waals surface area (Å²) in [7, 11) is 1.68. The average molecular weight is 255 g/mol. The molecule has 19 heavy (non-hydrogen) atoms. The van der Waals surface area contributed by atoms with Crippen molar-refractivity contribution in [1.29, 1.82) is 0 Å². The van der Waals surface area contributed by atoms with Crippen molar-refractivity contribution >= 4 is 5.69 Å². The van der Waals surface area contributed by atoms with Crippen LogP contribution in [0.1, 0.15) is 29.7 Å². The number of benzene rings is 2. The van der Waals surface area contributed by atoms with E-state index < -0.39 is 0 Å². The first-order valence-corrected chi connectivity index (χ1v) is 6.58. The van der Waals surface area contributed by atoms with E-state index in [4.69, 9.17) is 4.74 Å². The third-order valence-corrected chi connectivity index (χ3v) is 3.37. The second kappa shape index (κ2) is 5.79. The third-order valence-electron chi connectivity index (χ3n) is 3.37. The van der Waals surface area contributed by atoms with Crippen LogP contribution < -0.4 is 10.1 Å². The molecule has 2 aromatic carbocycles. The van der Waals surface area contributed by atoms with Crippen molar-refractivity contribution in [3.05, 3.63) is 59.2 Å². The molecule has 0 heterocycles. The van der Waals surface area contributed by atoms with Crippen molar-refractivity contribution in [1.82, 2.24) is 0 Å². The normalized spacial score (nSPS) is 12.0. The maximum atomic E-state index is 5.16. The van der Waals surface area contributed by atoms with Gasteiger partial charge >= 0.3 is 0 Å². The van der Waals surface area contributed by atoms with E-state index in [1.165, 1.54) is 16.7 Å². The Morgan fingerprint density at radius 3 is 2.26 bits per heavy atom. The van der Waals surface area contributed by atoms with E-state index in [0.717, 1.165) is 11.4 Å². The maximum Gasteiger partial charge on any atom is 0.119 e. The first kappa shape index (κ1) is 13.5. The number of nitrogens with one attached hydrogen (secondary N) is 1. The van der Waals surface area contributed by atoms with Crippen LogP contribution in [-0.2, 0) is 0 Å². The fourth-order valence-corrected chi connectivity index (χ4v) is 2.33. The summed E-state index contributed by atoms with van der Waals surface area (Å²) >= 11 is 0. The van der Waals surface area contributed by atoms with Gasteiger partial charge in [0.1, 0.15) is 5.75 Å². The summed E-state index contributed by atoms with van der Waals surface area (Å²) in [6, 6.07) is 14.9. The van der Waals surface area contributed by atoms with E-state index in [1.54, 1.807) is 7.11 Å². The molecule has 0 aromatic heterocycles. The zero-order valence-electron chi connectivity index (χ0n) is 12.0. The third kappa shape index (κ3) is 3.28. The van der Waals surface area contributed by atoms with Gasteiger partial charge in [0.05, 0.1) is 7.11 Å². The Labute approximate surface area is 115 Å². The van der Waals surface area contributed by atoms with Crippen molar-refractivity contribution in [2.24, 2.45) is 0 Å². The fraction of sp³-hybridized carbons (Fsp3) is 0.294. The summed E-state index contributed by atoms with van der Waals surface area (Å²) in [6.07, 6.45) is 0. The Hall–Kier alpha value is -1.96. The molecular weight excluding hydrogens is 234 g/mol. The number of methoxy groups -OCH3 is 1. The van der Waals surface area contributed by atoms with E-state index in [0.29, 0.717) is 0 Å². The lowest BCUT2D eigenvalue weighted by Gasteiger charge is -2.18. The molecule has 0 aliphatic rings. The molecule has 0 amide bonds. The molecule has 0 radical (unpaired) electrons.